The quantitative estimate of drug-likeness (QED) is 0.879. The third-order valence-electron chi connectivity index (χ3n) is 5.20. The number of carbonyl (C=O) groups is 1. The second-order valence-electron chi connectivity index (χ2n) is 7.04. The van der Waals surface area contributed by atoms with Gasteiger partial charge in [0.2, 0.25) is 5.91 Å². The minimum Gasteiger partial charge on any atom is -0.326 e. The number of carbonyl (C=O) groups excluding carboxylic acids is 1. The SMILES string of the molecule is Cc1c(CN2CCSCC2)cccc1NC(=O)[C@H]1CCN[C@@H](C)C1. The monoisotopic (exact) mass is 347 g/mol. The highest BCUT2D eigenvalue weighted by molar-refractivity contribution is 7.99. The molecule has 2 saturated heterocycles. The average Bonchev–Trinajstić information content (AvgIpc) is 2.59. The van der Waals surface area contributed by atoms with Crippen molar-refractivity contribution >= 4 is 23.4 Å². The van der Waals surface area contributed by atoms with Crippen molar-refractivity contribution in [3.63, 3.8) is 0 Å². The smallest absolute Gasteiger partial charge is 0.227 e. The second kappa shape index (κ2) is 8.37. The molecule has 2 fully saturated rings. The molecule has 0 radical (unpaired) electrons. The standard InChI is InChI=1S/C19H29N3OS/c1-14-12-16(6-7-20-14)19(23)21-18-5-3-4-17(15(18)2)13-22-8-10-24-11-9-22/h3-5,14,16,20H,6-13H2,1-2H3,(H,21,23)/t14-,16-/m0/s1. The van der Waals surface area contributed by atoms with Crippen LogP contribution < -0.4 is 10.6 Å². The van der Waals surface area contributed by atoms with Gasteiger partial charge in [-0.1, -0.05) is 12.1 Å². The molecule has 2 atom stereocenters. The van der Waals surface area contributed by atoms with Crippen LogP contribution in [0.1, 0.15) is 30.9 Å². The molecule has 0 aliphatic carbocycles. The Labute approximate surface area is 149 Å². The van der Waals surface area contributed by atoms with Gasteiger partial charge in [0.15, 0.2) is 0 Å². The van der Waals surface area contributed by atoms with Crippen molar-refractivity contribution in [3.8, 4) is 0 Å². The Hall–Kier alpha value is -1.04. The van der Waals surface area contributed by atoms with E-state index < -0.39 is 0 Å². The zero-order chi connectivity index (χ0) is 16.9. The third kappa shape index (κ3) is 4.52. The first kappa shape index (κ1) is 17.8. The molecule has 0 unspecified atom stereocenters. The maximum absolute atomic E-state index is 12.6. The molecule has 132 valence electrons. The molecule has 2 heterocycles. The lowest BCUT2D eigenvalue weighted by Crippen LogP contribution is -2.40. The Bertz CT molecular complexity index is 572. The average molecular weight is 348 g/mol. The molecule has 5 heteroatoms. The molecule has 1 amide bonds. The molecule has 0 spiro atoms. The van der Waals surface area contributed by atoms with Gasteiger partial charge >= 0.3 is 0 Å². The van der Waals surface area contributed by atoms with Crippen LogP contribution in [0.2, 0.25) is 0 Å². The molecule has 1 aromatic rings. The van der Waals surface area contributed by atoms with Crippen molar-refractivity contribution in [2.75, 3.05) is 36.5 Å². The van der Waals surface area contributed by atoms with Crippen molar-refractivity contribution in [2.24, 2.45) is 5.92 Å². The summed E-state index contributed by atoms with van der Waals surface area (Å²) < 4.78 is 0. The van der Waals surface area contributed by atoms with Crippen LogP contribution in [0.25, 0.3) is 0 Å². The lowest BCUT2D eigenvalue weighted by Gasteiger charge is -2.28. The van der Waals surface area contributed by atoms with E-state index in [0.29, 0.717) is 6.04 Å². The third-order valence-corrected chi connectivity index (χ3v) is 6.14. The van der Waals surface area contributed by atoms with E-state index in [4.69, 9.17) is 0 Å². The van der Waals surface area contributed by atoms with Gasteiger partial charge in [0.1, 0.15) is 0 Å². The van der Waals surface area contributed by atoms with E-state index in [1.807, 2.05) is 17.8 Å². The van der Waals surface area contributed by atoms with E-state index in [1.54, 1.807) is 0 Å². The number of benzene rings is 1. The van der Waals surface area contributed by atoms with Gasteiger partial charge in [-0.2, -0.15) is 11.8 Å². The number of piperidine rings is 1. The maximum atomic E-state index is 12.6. The van der Waals surface area contributed by atoms with Crippen molar-refractivity contribution in [2.45, 2.75) is 39.3 Å². The molecule has 3 rings (SSSR count). The summed E-state index contributed by atoms with van der Waals surface area (Å²) in [6, 6.07) is 6.73. The summed E-state index contributed by atoms with van der Waals surface area (Å²) in [4.78, 5) is 15.1. The summed E-state index contributed by atoms with van der Waals surface area (Å²) in [6.07, 6.45) is 1.86. The Morgan fingerprint density at radius 3 is 2.92 bits per heavy atom. The second-order valence-corrected chi connectivity index (χ2v) is 8.27. The van der Waals surface area contributed by atoms with Crippen LogP contribution >= 0.6 is 11.8 Å². The predicted molar refractivity (Wildman–Crippen MR) is 103 cm³/mol. The fourth-order valence-electron chi connectivity index (χ4n) is 3.60. The van der Waals surface area contributed by atoms with Crippen molar-refractivity contribution in [3.05, 3.63) is 29.3 Å². The van der Waals surface area contributed by atoms with Crippen molar-refractivity contribution < 1.29 is 4.79 Å². The number of rotatable bonds is 4. The van der Waals surface area contributed by atoms with Gasteiger partial charge in [-0.15, -0.1) is 0 Å². The van der Waals surface area contributed by atoms with E-state index in [1.165, 1.54) is 22.6 Å². The van der Waals surface area contributed by atoms with Gasteiger partial charge in [0.05, 0.1) is 0 Å². The molecular formula is C19H29N3OS. The van der Waals surface area contributed by atoms with E-state index in [-0.39, 0.29) is 11.8 Å². The van der Waals surface area contributed by atoms with E-state index >= 15 is 0 Å². The maximum Gasteiger partial charge on any atom is 0.227 e. The molecule has 0 saturated carbocycles. The van der Waals surface area contributed by atoms with Crippen LogP contribution in [-0.2, 0) is 11.3 Å². The van der Waals surface area contributed by atoms with Gasteiger partial charge in [0.25, 0.3) is 0 Å². The molecule has 2 aliphatic heterocycles. The molecular weight excluding hydrogens is 318 g/mol. The molecule has 2 aliphatic rings. The Morgan fingerprint density at radius 1 is 1.38 bits per heavy atom. The zero-order valence-electron chi connectivity index (χ0n) is 14.8. The number of hydrogen-bond donors (Lipinski definition) is 2. The van der Waals surface area contributed by atoms with Crippen LogP contribution in [0.5, 0.6) is 0 Å². The van der Waals surface area contributed by atoms with Gasteiger partial charge in [0, 0.05) is 48.8 Å². The van der Waals surface area contributed by atoms with Crippen LogP contribution in [0.15, 0.2) is 18.2 Å². The minimum atomic E-state index is 0.128. The first-order chi connectivity index (χ1) is 11.6. The number of anilines is 1. The normalized spacial score (nSPS) is 25.4. The summed E-state index contributed by atoms with van der Waals surface area (Å²) in [5.74, 6) is 2.76. The largest absolute Gasteiger partial charge is 0.326 e. The van der Waals surface area contributed by atoms with Crippen molar-refractivity contribution in [1.82, 2.24) is 10.2 Å². The Morgan fingerprint density at radius 2 is 2.17 bits per heavy atom. The Balaban J connectivity index is 1.65. The summed E-state index contributed by atoms with van der Waals surface area (Å²) in [5.41, 5.74) is 3.53. The van der Waals surface area contributed by atoms with Gasteiger partial charge in [-0.25, -0.2) is 0 Å². The molecule has 1 aromatic carbocycles. The number of thioether (sulfide) groups is 1. The summed E-state index contributed by atoms with van der Waals surface area (Å²) in [6.45, 7) is 8.53. The topological polar surface area (TPSA) is 44.4 Å². The van der Waals surface area contributed by atoms with Gasteiger partial charge in [-0.3, -0.25) is 9.69 Å². The summed E-state index contributed by atoms with van der Waals surface area (Å²) in [5, 5.41) is 6.60. The number of hydrogen-bond acceptors (Lipinski definition) is 4. The van der Waals surface area contributed by atoms with Crippen molar-refractivity contribution in [1.29, 1.82) is 0 Å². The van der Waals surface area contributed by atoms with E-state index in [0.717, 1.165) is 44.7 Å². The number of nitrogens with one attached hydrogen (secondary N) is 2. The Kier molecular flexibility index (Phi) is 6.19. The highest BCUT2D eigenvalue weighted by Crippen LogP contribution is 2.24. The molecule has 0 aromatic heterocycles. The highest BCUT2D eigenvalue weighted by Gasteiger charge is 2.25. The molecule has 24 heavy (non-hydrogen) atoms. The van der Waals surface area contributed by atoms with Gasteiger partial charge in [-0.05, 0) is 50.4 Å². The van der Waals surface area contributed by atoms with Crippen LogP contribution in [0, 0.1) is 12.8 Å². The molecule has 2 N–H and O–H groups in total. The fraction of sp³-hybridized carbons (Fsp3) is 0.632. The van der Waals surface area contributed by atoms with Gasteiger partial charge < -0.3 is 10.6 Å². The zero-order valence-corrected chi connectivity index (χ0v) is 15.6. The lowest BCUT2D eigenvalue weighted by molar-refractivity contribution is -0.120. The number of amides is 1. The fourth-order valence-corrected chi connectivity index (χ4v) is 4.57. The molecule has 0 bridgehead atoms. The minimum absolute atomic E-state index is 0.128. The number of nitrogens with zero attached hydrogens (tertiary/aromatic N) is 1. The summed E-state index contributed by atoms with van der Waals surface area (Å²) >= 11 is 2.04. The molecule has 4 nitrogen and oxygen atoms in total. The predicted octanol–water partition coefficient (Wildman–Crippen LogP) is 2.87. The van der Waals surface area contributed by atoms with Crippen LogP contribution in [0.3, 0.4) is 0 Å². The first-order valence-corrected chi connectivity index (χ1v) is 10.2. The first-order valence-electron chi connectivity index (χ1n) is 9.06. The summed E-state index contributed by atoms with van der Waals surface area (Å²) in [7, 11) is 0. The van der Waals surface area contributed by atoms with Crippen LogP contribution in [-0.4, -0.2) is 48.0 Å². The highest BCUT2D eigenvalue weighted by atomic mass is 32.2. The van der Waals surface area contributed by atoms with E-state index in [9.17, 15) is 4.79 Å². The van der Waals surface area contributed by atoms with Crippen LogP contribution in [0.4, 0.5) is 5.69 Å². The van der Waals surface area contributed by atoms with E-state index in [2.05, 4.69) is 41.5 Å². The lowest BCUT2D eigenvalue weighted by atomic mass is 9.92.